The Kier molecular flexibility index (Phi) is 4.39. The van der Waals surface area contributed by atoms with E-state index in [1.54, 1.807) is 6.08 Å². The van der Waals surface area contributed by atoms with Gasteiger partial charge in [0.05, 0.1) is 12.2 Å². The highest BCUT2D eigenvalue weighted by Crippen LogP contribution is 2.16. The molecule has 2 atom stereocenters. The van der Waals surface area contributed by atoms with Crippen molar-refractivity contribution in [2.75, 3.05) is 13.1 Å². The molecule has 0 spiro atoms. The fraction of sp³-hybridized carbons (Fsp3) is 0.429. The number of nitrogens with zero attached hydrogens (tertiary/aromatic N) is 1. The maximum Gasteiger partial charge on any atom is 0.236 e. The van der Waals surface area contributed by atoms with Crippen LogP contribution in [0.1, 0.15) is 19.4 Å². The van der Waals surface area contributed by atoms with Gasteiger partial charge in [-0.2, -0.15) is 4.31 Å². The van der Waals surface area contributed by atoms with Crippen LogP contribution < -0.4 is 0 Å². The molecule has 1 saturated heterocycles. The predicted molar refractivity (Wildman–Crippen MR) is 76.0 cm³/mol. The maximum absolute atomic E-state index is 12.2. The molecule has 5 heteroatoms. The van der Waals surface area contributed by atoms with Gasteiger partial charge in [0.25, 0.3) is 0 Å². The van der Waals surface area contributed by atoms with E-state index >= 15 is 0 Å². The summed E-state index contributed by atoms with van der Waals surface area (Å²) in [6.07, 6.45) is 1.49. The quantitative estimate of drug-likeness (QED) is 0.852. The van der Waals surface area contributed by atoms with Crippen molar-refractivity contribution in [2.24, 2.45) is 0 Å². The summed E-state index contributed by atoms with van der Waals surface area (Å²) in [5, 5.41) is 1.27. The molecule has 1 heterocycles. The van der Waals surface area contributed by atoms with E-state index < -0.39 is 10.0 Å². The molecule has 0 amide bonds. The van der Waals surface area contributed by atoms with Crippen LogP contribution in [-0.4, -0.2) is 38.0 Å². The minimum absolute atomic E-state index is 0.0661. The summed E-state index contributed by atoms with van der Waals surface area (Å²) in [4.78, 5) is 0. The molecule has 0 aromatic heterocycles. The maximum atomic E-state index is 12.2. The highest BCUT2D eigenvalue weighted by Gasteiger charge is 2.29. The van der Waals surface area contributed by atoms with Crippen molar-refractivity contribution in [3.63, 3.8) is 0 Å². The van der Waals surface area contributed by atoms with E-state index in [9.17, 15) is 8.42 Å². The molecule has 1 aromatic carbocycles. The lowest BCUT2D eigenvalue weighted by Gasteiger charge is -2.33. The van der Waals surface area contributed by atoms with Crippen molar-refractivity contribution in [1.29, 1.82) is 0 Å². The number of sulfonamides is 1. The first-order valence-corrected chi connectivity index (χ1v) is 7.86. The summed E-state index contributed by atoms with van der Waals surface area (Å²) in [5.74, 6) is 0. The van der Waals surface area contributed by atoms with Gasteiger partial charge in [-0.05, 0) is 25.5 Å². The van der Waals surface area contributed by atoms with Crippen LogP contribution in [0.5, 0.6) is 0 Å². The van der Waals surface area contributed by atoms with Gasteiger partial charge < -0.3 is 4.74 Å². The van der Waals surface area contributed by atoms with Crippen LogP contribution in [0.15, 0.2) is 35.7 Å². The van der Waals surface area contributed by atoms with E-state index in [1.807, 2.05) is 44.2 Å². The van der Waals surface area contributed by atoms with E-state index in [4.69, 9.17) is 4.74 Å². The number of morpholine rings is 1. The number of ether oxygens (including phenoxy) is 1. The molecule has 1 fully saturated rings. The Bertz CT molecular complexity index is 529. The highest BCUT2D eigenvalue weighted by molar-refractivity contribution is 7.92. The van der Waals surface area contributed by atoms with Crippen molar-refractivity contribution < 1.29 is 13.2 Å². The molecule has 0 N–H and O–H groups in total. The van der Waals surface area contributed by atoms with E-state index in [2.05, 4.69) is 0 Å². The molecule has 0 radical (unpaired) electrons. The SMILES string of the molecule is C[C@@H]1CN(S(=O)(=O)/C=C\c2ccccc2)C[C@@H](C)O1. The first-order valence-electron chi connectivity index (χ1n) is 6.36. The van der Waals surface area contributed by atoms with Crippen LogP contribution in [0, 0.1) is 0 Å². The van der Waals surface area contributed by atoms with Gasteiger partial charge in [0.1, 0.15) is 0 Å². The molecule has 0 aliphatic carbocycles. The second kappa shape index (κ2) is 5.86. The summed E-state index contributed by atoms with van der Waals surface area (Å²) in [6.45, 7) is 4.59. The average Bonchev–Trinajstić information content (AvgIpc) is 2.37. The number of rotatable bonds is 3. The van der Waals surface area contributed by atoms with E-state index in [0.717, 1.165) is 5.56 Å². The molecule has 0 unspecified atom stereocenters. The lowest BCUT2D eigenvalue weighted by molar-refractivity contribution is -0.0437. The molecule has 2 rings (SSSR count). The third kappa shape index (κ3) is 3.89. The molecule has 0 saturated carbocycles. The fourth-order valence-electron chi connectivity index (χ4n) is 2.15. The molecule has 104 valence electrons. The lowest BCUT2D eigenvalue weighted by atomic mass is 10.2. The minimum Gasteiger partial charge on any atom is -0.373 e. The summed E-state index contributed by atoms with van der Waals surface area (Å²) >= 11 is 0. The Morgan fingerprint density at radius 1 is 1.16 bits per heavy atom. The number of hydrogen-bond donors (Lipinski definition) is 0. The van der Waals surface area contributed by atoms with Gasteiger partial charge in [0, 0.05) is 18.5 Å². The monoisotopic (exact) mass is 281 g/mol. The van der Waals surface area contributed by atoms with Crippen molar-refractivity contribution in [2.45, 2.75) is 26.1 Å². The number of benzene rings is 1. The van der Waals surface area contributed by atoms with Gasteiger partial charge in [-0.1, -0.05) is 30.3 Å². The van der Waals surface area contributed by atoms with Crippen molar-refractivity contribution >= 4 is 16.1 Å². The van der Waals surface area contributed by atoms with Crippen LogP contribution in [-0.2, 0) is 14.8 Å². The zero-order valence-corrected chi connectivity index (χ0v) is 12.0. The van der Waals surface area contributed by atoms with Gasteiger partial charge in [0.2, 0.25) is 10.0 Å². The third-order valence-corrected chi connectivity index (χ3v) is 4.48. The summed E-state index contributed by atoms with van der Waals surface area (Å²) in [6, 6.07) is 9.40. The summed E-state index contributed by atoms with van der Waals surface area (Å²) < 4.78 is 31.5. The Morgan fingerprint density at radius 2 is 1.74 bits per heavy atom. The lowest BCUT2D eigenvalue weighted by Crippen LogP contribution is -2.47. The van der Waals surface area contributed by atoms with Gasteiger partial charge in [-0.15, -0.1) is 0 Å². The molecule has 1 aliphatic rings. The molecule has 1 aromatic rings. The van der Waals surface area contributed by atoms with Gasteiger partial charge >= 0.3 is 0 Å². The normalized spacial score (nSPS) is 25.8. The molecule has 19 heavy (non-hydrogen) atoms. The average molecular weight is 281 g/mol. The summed E-state index contributed by atoms with van der Waals surface area (Å²) in [7, 11) is -3.37. The zero-order chi connectivity index (χ0) is 13.9. The largest absolute Gasteiger partial charge is 0.373 e. The van der Waals surface area contributed by atoms with Gasteiger partial charge in [-0.25, -0.2) is 8.42 Å². The van der Waals surface area contributed by atoms with Crippen molar-refractivity contribution in [3.8, 4) is 0 Å². The third-order valence-electron chi connectivity index (χ3n) is 2.98. The first-order chi connectivity index (χ1) is 8.97. The van der Waals surface area contributed by atoms with Crippen LogP contribution >= 0.6 is 0 Å². The Morgan fingerprint density at radius 3 is 2.32 bits per heavy atom. The zero-order valence-electron chi connectivity index (χ0n) is 11.2. The fourth-order valence-corrected chi connectivity index (χ4v) is 3.49. The number of hydrogen-bond acceptors (Lipinski definition) is 3. The van der Waals surface area contributed by atoms with E-state index in [-0.39, 0.29) is 12.2 Å². The van der Waals surface area contributed by atoms with E-state index in [1.165, 1.54) is 9.71 Å². The second-order valence-corrected chi connectivity index (χ2v) is 6.65. The van der Waals surface area contributed by atoms with Crippen LogP contribution in [0.25, 0.3) is 6.08 Å². The van der Waals surface area contributed by atoms with Gasteiger partial charge in [-0.3, -0.25) is 0 Å². The molecular weight excluding hydrogens is 262 g/mol. The molecule has 0 bridgehead atoms. The molecule has 4 nitrogen and oxygen atoms in total. The predicted octanol–water partition coefficient (Wildman–Crippen LogP) is 2.10. The Hall–Kier alpha value is -1.17. The standard InChI is InChI=1S/C14H19NO3S/c1-12-10-15(11-13(2)18-12)19(16,17)9-8-14-6-4-3-5-7-14/h3-9,12-13H,10-11H2,1-2H3/b9-8-/t12-,13-/m1/s1. The molecule has 1 aliphatic heterocycles. The highest BCUT2D eigenvalue weighted by atomic mass is 32.2. The summed E-state index contributed by atoms with van der Waals surface area (Å²) in [5.41, 5.74) is 0.875. The minimum atomic E-state index is -3.37. The Labute approximate surface area is 114 Å². The van der Waals surface area contributed by atoms with Crippen LogP contribution in [0.3, 0.4) is 0 Å². The second-order valence-electron chi connectivity index (χ2n) is 4.83. The Balaban J connectivity index is 2.12. The topological polar surface area (TPSA) is 46.6 Å². The van der Waals surface area contributed by atoms with Crippen molar-refractivity contribution in [1.82, 2.24) is 4.31 Å². The molecular formula is C14H19NO3S. The smallest absolute Gasteiger partial charge is 0.236 e. The van der Waals surface area contributed by atoms with Crippen molar-refractivity contribution in [3.05, 3.63) is 41.3 Å². The van der Waals surface area contributed by atoms with E-state index in [0.29, 0.717) is 13.1 Å². The van der Waals surface area contributed by atoms with Gasteiger partial charge in [0.15, 0.2) is 0 Å². The first kappa shape index (κ1) is 14.2. The van der Waals surface area contributed by atoms with Crippen LogP contribution in [0.2, 0.25) is 0 Å². The van der Waals surface area contributed by atoms with Crippen LogP contribution in [0.4, 0.5) is 0 Å².